The van der Waals surface area contributed by atoms with Crippen LogP contribution in [0.15, 0.2) is 30.3 Å². The molecule has 6 nitrogen and oxygen atoms in total. The number of nitrogens with zero attached hydrogens (tertiary/aromatic N) is 1. The predicted molar refractivity (Wildman–Crippen MR) is 48.8 cm³/mol. The summed E-state index contributed by atoms with van der Waals surface area (Å²) in [5, 5.41) is 19.5. The molecule has 0 amide bonds. The lowest BCUT2D eigenvalue weighted by Crippen LogP contribution is -2.45. The van der Waals surface area contributed by atoms with E-state index in [1.807, 2.05) is 0 Å². The fourth-order valence-electron chi connectivity index (χ4n) is 1.16. The fraction of sp³-hybridized carbons (Fsp3) is 0.111. The van der Waals surface area contributed by atoms with Gasteiger partial charge in [-0.05, 0) is 0 Å². The zero-order valence-corrected chi connectivity index (χ0v) is 7.49. The number of carboxylic acids is 1. The summed E-state index contributed by atoms with van der Waals surface area (Å²) in [5.41, 5.74) is -2.88. The third-order valence-electron chi connectivity index (χ3n) is 2.00. The van der Waals surface area contributed by atoms with Gasteiger partial charge in [-0.25, -0.2) is 4.79 Å². The van der Waals surface area contributed by atoms with Crippen LogP contribution in [-0.4, -0.2) is 22.3 Å². The SMILES string of the molecule is O=CC(C(=O)O)(c1ccccc1)[N+](=O)[O-]. The first kappa shape index (κ1) is 10.8. The van der Waals surface area contributed by atoms with Gasteiger partial charge in [-0.1, -0.05) is 30.3 Å². The molecule has 1 aromatic rings. The number of aldehydes is 1. The maximum Gasteiger partial charge on any atom is 0.395 e. The van der Waals surface area contributed by atoms with E-state index in [1.54, 1.807) is 6.07 Å². The molecule has 1 unspecified atom stereocenters. The monoisotopic (exact) mass is 209 g/mol. The first-order chi connectivity index (χ1) is 7.05. The Morgan fingerprint density at radius 3 is 2.27 bits per heavy atom. The van der Waals surface area contributed by atoms with Crippen LogP contribution >= 0.6 is 0 Å². The van der Waals surface area contributed by atoms with Gasteiger partial charge in [-0.2, -0.15) is 0 Å². The zero-order chi connectivity index (χ0) is 11.5. The molecule has 6 heteroatoms. The molecule has 0 heterocycles. The van der Waals surface area contributed by atoms with Crippen molar-refractivity contribution in [3.63, 3.8) is 0 Å². The molecule has 78 valence electrons. The summed E-state index contributed by atoms with van der Waals surface area (Å²) in [7, 11) is 0. The van der Waals surface area contributed by atoms with Gasteiger partial charge >= 0.3 is 11.5 Å². The third kappa shape index (κ3) is 1.56. The van der Waals surface area contributed by atoms with E-state index in [1.165, 1.54) is 24.3 Å². The highest BCUT2D eigenvalue weighted by Gasteiger charge is 2.53. The first-order valence-electron chi connectivity index (χ1n) is 3.95. The molecule has 15 heavy (non-hydrogen) atoms. The Morgan fingerprint density at radius 1 is 1.40 bits per heavy atom. The van der Waals surface area contributed by atoms with Crippen molar-refractivity contribution in [3.8, 4) is 0 Å². The minimum Gasteiger partial charge on any atom is -0.475 e. The van der Waals surface area contributed by atoms with E-state index in [4.69, 9.17) is 5.11 Å². The Labute approximate surface area is 84.3 Å². The standard InChI is InChI=1S/C9H7NO5/c11-6-9(8(12)13,10(14)15)7-4-2-1-3-5-7/h1-6H,(H,12,13). The van der Waals surface area contributed by atoms with Crippen molar-refractivity contribution in [2.24, 2.45) is 0 Å². The summed E-state index contributed by atoms with van der Waals surface area (Å²) in [4.78, 5) is 31.1. The molecule has 0 aliphatic heterocycles. The molecule has 0 radical (unpaired) electrons. The Kier molecular flexibility index (Phi) is 2.80. The molecule has 0 saturated heterocycles. The second-order valence-corrected chi connectivity index (χ2v) is 2.81. The van der Waals surface area contributed by atoms with Crippen LogP contribution in [0.2, 0.25) is 0 Å². The maximum absolute atomic E-state index is 10.8. The first-order valence-corrected chi connectivity index (χ1v) is 3.95. The zero-order valence-electron chi connectivity index (χ0n) is 7.49. The lowest BCUT2D eigenvalue weighted by Gasteiger charge is -2.14. The Hall–Kier alpha value is -2.24. The van der Waals surface area contributed by atoms with Crippen LogP contribution in [0.25, 0.3) is 0 Å². The molecule has 0 aliphatic carbocycles. The molecule has 0 aromatic heterocycles. The number of carbonyl (C=O) groups is 2. The Bertz CT molecular complexity index is 386. The van der Waals surface area contributed by atoms with Crippen molar-refractivity contribution in [2.45, 2.75) is 5.54 Å². The molecule has 1 aromatic carbocycles. The third-order valence-corrected chi connectivity index (χ3v) is 2.00. The lowest BCUT2D eigenvalue weighted by atomic mass is 9.92. The highest BCUT2D eigenvalue weighted by Crippen LogP contribution is 2.22. The van der Waals surface area contributed by atoms with Gasteiger partial charge in [0.05, 0.1) is 4.92 Å². The molecular formula is C9H7NO5. The van der Waals surface area contributed by atoms with Crippen molar-refractivity contribution < 1.29 is 19.6 Å². The van der Waals surface area contributed by atoms with E-state index in [-0.39, 0.29) is 11.8 Å². The number of carbonyl (C=O) groups excluding carboxylic acids is 1. The van der Waals surface area contributed by atoms with Gasteiger partial charge in [-0.3, -0.25) is 14.9 Å². The van der Waals surface area contributed by atoms with E-state index in [2.05, 4.69) is 0 Å². The van der Waals surface area contributed by atoms with Crippen molar-refractivity contribution in [1.82, 2.24) is 0 Å². The molecule has 0 aliphatic rings. The maximum atomic E-state index is 10.8. The predicted octanol–water partition coefficient (Wildman–Crippen LogP) is 0.442. The molecule has 0 bridgehead atoms. The number of nitro groups is 1. The number of hydrogen-bond acceptors (Lipinski definition) is 4. The van der Waals surface area contributed by atoms with Crippen molar-refractivity contribution in [2.75, 3.05) is 0 Å². The molecule has 1 rings (SSSR count). The number of carboxylic acid groups (broad SMARTS) is 1. The second-order valence-electron chi connectivity index (χ2n) is 2.81. The fourth-order valence-corrected chi connectivity index (χ4v) is 1.16. The van der Waals surface area contributed by atoms with Gasteiger partial charge < -0.3 is 5.11 Å². The largest absolute Gasteiger partial charge is 0.475 e. The summed E-state index contributed by atoms with van der Waals surface area (Å²) in [6, 6.07) is 6.89. The van der Waals surface area contributed by atoms with E-state index >= 15 is 0 Å². The van der Waals surface area contributed by atoms with Gasteiger partial charge in [0.1, 0.15) is 0 Å². The van der Waals surface area contributed by atoms with Gasteiger partial charge in [-0.15, -0.1) is 0 Å². The molecule has 1 atom stereocenters. The highest BCUT2D eigenvalue weighted by molar-refractivity contribution is 5.96. The second kappa shape index (κ2) is 3.87. The highest BCUT2D eigenvalue weighted by atomic mass is 16.6. The number of aliphatic carboxylic acids is 1. The average molecular weight is 209 g/mol. The number of benzene rings is 1. The molecule has 0 saturated carbocycles. The van der Waals surface area contributed by atoms with Crippen LogP contribution in [0, 0.1) is 10.1 Å². The quantitative estimate of drug-likeness (QED) is 0.336. The van der Waals surface area contributed by atoms with E-state index in [0.29, 0.717) is 0 Å². The Morgan fingerprint density at radius 2 is 1.93 bits per heavy atom. The van der Waals surface area contributed by atoms with Crippen LogP contribution in [0.1, 0.15) is 5.56 Å². The van der Waals surface area contributed by atoms with E-state index < -0.39 is 16.4 Å². The van der Waals surface area contributed by atoms with Crippen LogP contribution < -0.4 is 0 Å². The smallest absolute Gasteiger partial charge is 0.395 e. The summed E-state index contributed by atoms with van der Waals surface area (Å²) < 4.78 is 0. The topological polar surface area (TPSA) is 97.5 Å². The number of hydrogen-bond donors (Lipinski definition) is 1. The summed E-state index contributed by atoms with van der Waals surface area (Å²) >= 11 is 0. The van der Waals surface area contributed by atoms with Gasteiger partial charge in [0.15, 0.2) is 0 Å². The van der Waals surface area contributed by atoms with E-state index in [0.717, 1.165) is 0 Å². The van der Waals surface area contributed by atoms with Crippen LogP contribution in [0.5, 0.6) is 0 Å². The van der Waals surface area contributed by atoms with Crippen LogP contribution in [0.3, 0.4) is 0 Å². The van der Waals surface area contributed by atoms with Gasteiger partial charge in [0.25, 0.3) is 0 Å². The van der Waals surface area contributed by atoms with Crippen molar-refractivity contribution in [3.05, 3.63) is 46.0 Å². The molecular weight excluding hydrogens is 202 g/mol. The summed E-state index contributed by atoms with van der Waals surface area (Å²) in [6.45, 7) is 0. The molecule has 1 N–H and O–H groups in total. The van der Waals surface area contributed by atoms with Crippen LogP contribution in [0.4, 0.5) is 0 Å². The van der Waals surface area contributed by atoms with E-state index in [9.17, 15) is 19.7 Å². The normalized spacial score (nSPS) is 13.9. The average Bonchev–Trinajstić information content (AvgIpc) is 2.20. The summed E-state index contributed by atoms with van der Waals surface area (Å²) in [6.07, 6.45) is -0.176. The Balaban J connectivity index is 3.42. The molecule has 0 fully saturated rings. The van der Waals surface area contributed by atoms with Gasteiger partial charge in [0, 0.05) is 5.56 Å². The van der Waals surface area contributed by atoms with Crippen molar-refractivity contribution in [1.29, 1.82) is 0 Å². The minimum atomic E-state index is -2.71. The minimum absolute atomic E-state index is 0.169. The van der Waals surface area contributed by atoms with Crippen molar-refractivity contribution >= 4 is 12.3 Å². The van der Waals surface area contributed by atoms with Gasteiger partial charge in [0.2, 0.25) is 6.29 Å². The van der Waals surface area contributed by atoms with Crippen LogP contribution in [-0.2, 0) is 15.1 Å². The number of rotatable bonds is 4. The molecule has 0 spiro atoms. The summed E-state index contributed by atoms with van der Waals surface area (Å²) in [5.74, 6) is -1.80. The lowest BCUT2D eigenvalue weighted by molar-refractivity contribution is -0.543.